The lowest BCUT2D eigenvalue weighted by Gasteiger charge is -2.39. The molecule has 3 unspecified atom stereocenters. The summed E-state index contributed by atoms with van der Waals surface area (Å²) >= 11 is 0. The van der Waals surface area contributed by atoms with Crippen LogP contribution in [0.5, 0.6) is 0 Å². The number of likely N-dealkylation sites (N-methyl/N-ethyl adjacent to an activating group) is 1. The maximum absolute atomic E-state index is 11.8. The van der Waals surface area contributed by atoms with E-state index < -0.39 is 12.0 Å². The number of likely N-dealkylation sites (tertiary alicyclic amines) is 1. The van der Waals surface area contributed by atoms with Crippen LogP contribution in [0.3, 0.4) is 0 Å². The summed E-state index contributed by atoms with van der Waals surface area (Å²) in [6.45, 7) is 7.00. The first-order valence-corrected chi connectivity index (χ1v) is 6.77. The number of nitrogens with zero attached hydrogens (tertiary/aromatic N) is 1. The summed E-state index contributed by atoms with van der Waals surface area (Å²) in [5, 5.41) is 12.1. The molecule has 1 rings (SSSR count). The molecule has 1 aliphatic heterocycles. The molecule has 0 radical (unpaired) electrons. The number of carboxylic acids is 1. The van der Waals surface area contributed by atoms with Crippen molar-refractivity contribution in [1.82, 2.24) is 10.2 Å². The second-order valence-corrected chi connectivity index (χ2v) is 4.96. The first-order valence-electron chi connectivity index (χ1n) is 6.77. The number of rotatable bonds is 5. The molecule has 1 aliphatic rings. The molecule has 0 aromatic heterocycles. The molecule has 1 amide bonds. The summed E-state index contributed by atoms with van der Waals surface area (Å²) in [5.74, 6) is -0.438. The second-order valence-electron chi connectivity index (χ2n) is 4.96. The summed E-state index contributed by atoms with van der Waals surface area (Å²) in [7, 11) is 0. The van der Waals surface area contributed by atoms with Gasteiger partial charge in [0.25, 0.3) is 0 Å². The highest BCUT2D eigenvalue weighted by Crippen LogP contribution is 2.27. The number of nitrogens with one attached hydrogen (secondary N) is 1. The van der Waals surface area contributed by atoms with Crippen LogP contribution in [-0.4, -0.2) is 47.1 Å². The zero-order chi connectivity index (χ0) is 13.7. The van der Waals surface area contributed by atoms with E-state index in [0.717, 1.165) is 12.8 Å². The fourth-order valence-corrected chi connectivity index (χ4v) is 2.61. The molecule has 0 aromatic carbocycles. The lowest BCUT2D eigenvalue weighted by Crippen LogP contribution is -2.55. The molecular weight excluding hydrogens is 232 g/mol. The van der Waals surface area contributed by atoms with Gasteiger partial charge >= 0.3 is 5.97 Å². The highest BCUT2D eigenvalue weighted by atomic mass is 16.4. The van der Waals surface area contributed by atoms with Crippen molar-refractivity contribution < 1.29 is 14.7 Å². The minimum absolute atomic E-state index is 0.0845. The summed E-state index contributed by atoms with van der Waals surface area (Å²) in [4.78, 5) is 25.0. The summed E-state index contributed by atoms with van der Waals surface area (Å²) in [6.07, 6.45) is 2.63. The minimum Gasteiger partial charge on any atom is -0.480 e. The van der Waals surface area contributed by atoms with E-state index in [1.54, 1.807) is 6.92 Å². The SMILES string of the molecule is CCNC(=O)C(C)N1CCC(CC)CC1C(=O)O. The topological polar surface area (TPSA) is 69.6 Å². The lowest BCUT2D eigenvalue weighted by molar-refractivity contribution is -0.148. The van der Waals surface area contributed by atoms with Gasteiger partial charge in [0.2, 0.25) is 5.91 Å². The van der Waals surface area contributed by atoms with Crippen molar-refractivity contribution in [3.05, 3.63) is 0 Å². The molecular formula is C13H24N2O3. The van der Waals surface area contributed by atoms with Crippen molar-refractivity contribution >= 4 is 11.9 Å². The molecule has 5 nitrogen and oxygen atoms in total. The van der Waals surface area contributed by atoms with Crippen LogP contribution in [0.1, 0.15) is 40.0 Å². The Kier molecular flexibility index (Phi) is 5.59. The standard InChI is InChI=1S/C13H24N2O3/c1-4-10-6-7-15(11(8-10)13(17)18)9(3)12(16)14-5-2/h9-11H,4-8H2,1-3H3,(H,14,16)(H,17,18). The number of carbonyl (C=O) groups is 2. The first-order chi connectivity index (χ1) is 8.51. The van der Waals surface area contributed by atoms with Crippen molar-refractivity contribution in [2.75, 3.05) is 13.1 Å². The van der Waals surface area contributed by atoms with E-state index in [-0.39, 0.29) is 11.9 Å². The molecule has 1 heterocycles. The monoisotopic (exact) mass is 256 g/mol. The van der Waals surface area contributed by atoms with Crippen LogP contribution in [-0.2, 0) is 9.59 Å². The van der Waals surface area contributed by atoms with Gasteiger partial charge in [0.1, 0.15) is 6.04 Å². The van der Waals surface area contributed by atoms with Gasteiger partial charge in [-0.25, -0.2) is 0 Å². The maximum atomic E-state index is 11.8. The predicted octanol–water partition coefficient (Wildman–Crippen LogP) is 1.09. The lowest BCUT2D eigenvalue weighted by atomic mass is 9.88. The van der Waals surface area contributed by atoms with Gasteiger partial charge in [-0.2, -0.15) is 0 Å². The molecule has 2 N–H and O–H groups in total. The molecule has 0 saturated carbocycles. The van der Waals surface area contributed by atoms with E-state index in [9.17, 15) is 14.7 Å². The van der Waals surface area contributed by atoms with Gasteiger partial charge in [0, 0.05) is 13.1 Å². The quantitative estimate of drug-likeness (QED) is 0.772. The van der Waals surface area contributed by atoms with Crippen LogP contribution < -0.4 is 5.32 Å². The van der Waals surface area contributed by atoms with E-state index in [4.69, 9.17) is 0 Å². The Morgan fingerprint density at radius 3 is 2.61 bits per heavy atom. The Labute approximate surface area is 109 Å². The molecule has 1 saturated heterocycles. The molecule has 18 heavy (non-hydrogen) atoms. The molecule has 0 bridgehead atoms. The van der Waals surface area contributed by atoms with Crippen molar-refractivity contribution in [1.29, 1.82) is 0 Å². The number of hydrogen-bond acceptors (Lipinski definition) is 3. The Morgan fingerprint density at radius 2 is 2.11 bits per heavy atom. The smallest absolute Gasteiger partial charge is 0.320 e. The molecule has 1 fully saturated rings. The van der Waals surface area contributed by atoms with E-state index in [0.29, 0.717) is 25.4 Å². The van der Waals surface area contributed by atoms with Crippen molar-refractivity contribution in [3.8, 4) is 0 Å². The van der Waals surface area contributed by atoms with Gasteiger partial charge in [0.05, 0.1) is 6.04 Å². The van der Waals surface area contributed by atoms with Crippen LogP contribution in [0.25, 0.3) is 0 Å². The Bertz CT molecular complexity index is 307. The van der Waals surface area contributed by atoms with Gasteiger partial charge < -0.3 is 10.4 Å². The normalized spacial score (nSPS) is 26.6. The number of piperidine rings is 1. The number of aliphatic carboxylic acids is 1. The zero-order valence-corrected chi connectivity index (χ0v) is 11.5. The Balaban J connectivity index is 2.73. The van der Waals surface area contributed by atoms with E-state index in [2.05, 4.69) is 12.2 Å². The van der Waals surface area contributed by atoms with Crippen LogP contribution >= 0.6 is 0 Å². The molecule has 0 aromatic rings. The van der Waals surface area contributed by atoms with Crippen LogP contribution in [0.2, 0.25) is 0 Å². The Hall–Kier alpha value is -1.10. The third kappa shape index (κ3) is 3.45. The highest BCUT2D eigenvalue weighted by Gasteiger charge is 2.37. The van der Waals surface area contributed by atoms with Crippen molar-refractivity contribution in [3.63, 3.8) is 0 Å². The predicted molar refractivity (Wildman–Crippen MR) is 69.3 cm³/mol. The number of carbonyl (C=O) groups excluding carboxylic acids is 1. The average molecular weight is 256 g/mol. The minimum atomic E-state index is -0.815. The van der Waals surface area contributed by atoms with Crippen LogP contribution in [0.4, 0.5) is 0 Å². The summed E-state index contributed by atoms with van der Waals surface area (Å²) in [5.41, 5.74) is 0. The fourth-order valence-electron chi connectivity index (χ4n) is 2.61. The van der Waals surface area contributed by atoms with Crippen LogP contribution in [0, 0.1) is 5.92 Å². The highest BCUT2D eigenvalue weighted by molar-refractivity contribution is 5.82. The summed E-state index contributed by atoms with van der Waals surface area (Å²) < 4.78 is 0. The van der Waals surface area contributed by atoms with Gasteiger partial charge in [-0.3, -0.25) is 14.5 Å². The third-order valence-corrected chi connectivity index (χ3v) is 3.84. The number of carboxylic acid groups (broad SMARTS) is 1. The summed E-state index contributed by atoms with van der Waals surface area (Å²) in [6, 6.07) is -0.898. The van der Waals surface area contributed by atoms with Crippen molar-refractivity contribution in [2.24, 2.45) is 5.92 Å². The fraction of sp³-hybridized carbons (Fsp3) is 0.846. The van der Waals surface area contributed by atoms with E-state index in [1.165, 1.54) is 0 Å². The average Bonchev–Trinajstić information content (AvgIpc) is 2.37. The first kappa shape index (κ1) is 15.0. The number of amides is 1. The van der Waals surface area contributed by atoms with Gasteiger partial charge in [-0.1, -0.05) is 13.3 Å². The molecule has 0 aliphatic carbocycles. The number of hydrogen-bond donors (Lipinski definition) is 2. The maximum Gasteiger partial charge on any atom is 0.320 e. The van der Waals surface area contributed by atoms with Crippen molar-refractivity contribution in [2.45, 2.75) is 52.1 Å². The molecule has 3 atom stereocenters. The molecule has 104 valence electrons. The van der Waals surface area contributed by atoms with E-state index in [1.807, 2.05) is 11.8 Å². The van der Waals surface area contributed by atoms with Gasteiger partial charge in [-0.05, 0) is 32.6 Å². The van der Waals surface area contributed by atoms with Gasteiger partial charge in [0.15, 0.2) is 0 Å². The van der Waals surface area contributed by atoms with Gasteiger partial charge in [-0.15, -0.1) is 0 Å². The molecule has 0 spiro atoms. The third-order valence-electron chi connectivity index (χ3n) is 3.84. The zero-order valence-electron chi connectivity index (χ0n) is 11.5. The van der Waals surface area contributed by atoms with Crippen LogP contribution in [0.15, 0.2) is 0 Å². The molecule has 5 heteroatoms. The Morgan fingerprint density at radius 1 is 1.44 bits per heavy atom. The van der Waals surface area contributed by atoms with E-state index >= 15 is 0 Å². The second kappa shape index (κ2) is 6.73. The largest absolute Gasteiger partial charge is 0.480 e.